The van der Waals surface area contributed by atoms with E-state index >= 15 is 0 Å². The van der Waals surface area contributed by atoms with Gasteiger partial charge >= 0.3 is 0 Å². The third kappa shape index (κ3) is 3.46. The molecule has 1 aromatic rings. The fraction of sp³-hybridized carbons (Fsp3) is 0.632. The third-order valence-corrected chi connectivity index (χ3v) is 5.77. The van der Waals surface area contributed by atoms with Gasteiger partial charge in [0, 0.05) is 31.3 Å². The van der Waals surface area contributed by atoms with Gasteiger partial charge in [-0.1, -0.05) is 29.8 Å². The van der Waals surface area contributed by atoms with Crippen molar-refractivity contribution in [3.8, 4) is 0 Å². The lowest BCUT2D eigenvalue weighted by atomic mass is 9.72. The lowest BCUT2D eigenvalue weighted by Crippen LogP contribution is -2.53. The van der Waals surface area contributed by atoms with Crippen molar-refractivity contribution in [3.05, 3.63) is 34.9 Å². The summed E-state index contributed by atoms with van der Waals surface area (Å²) >= 11 is 6.49. The Morgan fingerprint density at radius 2 is 2.12 bits per heavy atom. The minimum Gasteiger partial charge on any atom is -0.381 e. The van der Waals surface area contributed by atoms with Gasteiger partial charge in [-0.05, 0) is 56.8 Å². The van der Waals surface area contributed by atoms with Gasteiger partial charge < -0.3 is 15.0 Å². The molecule has 1 N–H and O–H groups in total. The number of ether oxygens (including phenoxy) is 1. The summed E-state index contributed by atoms with van der Waals surface area (Å²) < 4.78 is 5.56. The first-order valence-electron chi connectivity index (χ1n) is 8.94. The first-order chi connectivity index (χ1) is 11.7. The molecule has 0 radical (unpaired) electrons. The lowest BCUT2D eigenvalue weighted by molar-refractivity contribution is -0.143. The fourth-order valence-electron chi connectivity index (χ4n) is 4.18. The number of hydrogen-bond donors (Lipinski definition) is 1. The van der Waals surface area contributed by atoms with Crippen LogP contribution in [0, 0.1) is 5.92 Å². The monoisotopic (exact) mass is 350 g/mol. The highest BCUT2D eigenvalue weighted by Gasteiger charge is 2.45. The Bertz CT molecular complexity index is 570. The molecule has 0 aliphatic carbocycles. The van der Waals surface area contributed by atoms with Gasteiger partial charge in [-0.25, -0.2) is 0 Å². The second-order valence-electron chi connectivity index (χ2n) is 6.99. The molecular formula is C19H27ClN2O2. The number of benzene rings is 1. The van der Waals surface area contributed by atoms with Crippen molar-refractivity contribution >= 4 is 17.5 Å². The highest BCUT2D eigenvalue weighted by Crippen LogP contribution is 2.40. The largest absolute Gasteiger partial charge is 0.381 e. The molecule has 1 aromatic carbocycles. The van der Waals surface area contributed by atoms with Crippen molar-refractivity contribution < 1.29 is 9.53 Å². The van der Waals surface area contributed by atoms with Gasteiger partial charge in [0.25, 0.3) is 0 Å². The van der Waals surface area contributed by atoms with E-state index in [0.29, 0.717) is 37.0 Å². The number of carbonyl (C=O) groups is 1. The molecule has 0 saturated carbocycles. The number of nitrogens with zero attached hydrogens (tertiary/aromatic N) is 1. The van der Waals surface area contributed by atoms with E-state index in [4.69, 9.17) is 16.3 Å². The average molecular weight is 351 g/mol. The number of piperidine rings is 1. The summed E-state index contributed by atoms with van der Waals surface area (Å²) in [5, 5.41) is 3.94. The van der Waals surface area contributed by atoms with Crippen LogP contribution in [0.5, 0.6) is 0 Å². The van der Waals surface area contributed by atoms with Crippen LogP contribution < -0.4 is 5.32 Å². The van der Waals surface area contributed by atoms with Crippen LogP contribution in [0.3, 0.4) is 0 Å². The molecule has 4 nitrogen and oxygen atoms in total. The predicted octanol–water partition coefficient (Wildman–Crippen LogP) is 2.85. The number of rotatable bonds is 4. The van der Waals surface area contributed by atoms with E-state index in [-0.39, 0.29) is 5.91 Å². The molecule has 24 heavy (non-hydrogen) atoms. The maximum atomic E-state index is 13.6. The fourth-order valence-corrected chi connectivity index (χ4v) is 4.49. The normalized spacial score (nSPS) is 23.9. The molecule has 0 aromatic heterocycles. The molecule has 2 aliphatic rings. The molecule has 3 rings (SSSR count). The summed E-state index contributed by atoms with van der Waals surface area (Å²) in [4.78, 5) is 15.6. The van der Waals surface area contributed by atoms with Crippen LogP contribution in [0.4, 0.5) is 0 Å². The van der Waals surface area contributed by atoms with E-state index in [1.54, 1.807) is 0 Å². The Labute approximate surface area is 149 Å². The number of likely N-dealkylation sites (tertiary alicyclic amines) is 1. The molecular weight excluding hydrogens is 324 g/mol. The predicted molar refractivity (Wildman–Crippen MR) is 96.4 cm³/mol. The molecule has 2 heterocycles. The molecule has 1 atom stereocenters. The van der Waals surface area contributed by atoms with Crippen molar-refractivity contribution in [2.75, 3.05) is 39.9 Å². The Kier molecular flexibility index (Phi) is 5.80. The number of amides is 1. The van der Waals surface area contributed by atoms with Gasteiger partial charge in [-0.15, -0.1) is 0 Å². The second-order valence-corrected chi connectivity index (χ2v) is 7.40. The zero-order valence-corrected chi connectivity index (χ0v) is 15.1. The van der Waals surface area contributed by atoms with E-state index in [1.807, 2.05) is 31.3 Å². The molecule has 2 aliphatic heterocycles. The van der Waals surface area contributed by atoms with Crippen LogP contribution in [0.15, 0.2) is 24.3 Å². The molecule has 1 amide bonds. The maximum absolute atomic E-state index is 13.6. The quantitative estimate of drug-likeness (QED) is 0.907. The molecule has 2 fully saturated rings. The van der Waals surface area contributed by atoms with E-state index < -0.39 is 5.41 Å². The van der Waals surface area contributed by atoms with Gasteiger partial charge in [0.1, 0.15) is 0 Å². The van der Waals surface area contributed by atoms with Gasteiger partial charge in [0.2, 0.25) is 5.91 Å². The summed E-state index contributed by atoms with van der Waals surface area (Å²) in [6.07, 6.45) is 3.69. The highest BCUT2D eigenvalue weighted by atomic mass is 35.5. The Morgan fingerprint density at radius 3 is 2.83 bits per heavy atom. The first kappa shape index (κ1) is 17.7. The van der Waals surface area contributed by atoms with Crippen LogP contribution in [0.25, 0.3) is 0 Å². The number of halogens is 1. The maximum Gasteiger partial charge on any atom is 0.233 e. The summed E-state index contributed by atoms with van der Waals surface area (Å²) in [5.74, 6) is 0.774. The molecule has 0 unspecified atom stereocenters. The van der Waals surface area contributed by atoms with E-state index in [0.717, 1.165) is 31.6 Å². The van der Waals surface area contributed by atoms with Gasteiger partial charge in [-0.3, -0.25) is 4.79 Å². The van der Waals surface area contributed by atoms with E-state index in [1.165, 1.54) is 6.42 Å². The molecule has 0 bridgehead atoms. The molecule has 132 valence electrons. The molecule has 5 heteroatoms. The zero-order valence-electron chi connectivity index (χ0n) is 14.4. The minimum absolute atomic E-state index is 0.236. The Hall–Kier alpha value is -1.10. The Balaban J connectivity index is 1.88. The smallest absolute Gasteiger partial charge is 0.233 e. The number of hydrogen-bond acceptors (Lipinski definition) is 3. The van der Waals surface area contributed by atoms with Crippen LogP contribution in [-0.4, -0.2) is 50.7 Å². The summed E-state index contributed by atoms with van der Waals surface area (Å²) in [7, 11) is 1.98. The standard InChI is InChI=1S/C19H27ClN2O2/c1-21-13-15-5-4-10-22(14-15)18(23)19(8-11-24-12-9-19)16-6-2-3-7-17(16)20/h2-3,6-7,15,21H,4-5,8-14H2,1H3/t15-/m0/s1. The van der Waals surface area contributed by atoms with E-state index in [9.17, 15) is 4.79 Å². The van der Waals surface area contributed by atoms with Gasteiger partial charge in [-0.2, -0.15) is 0 Å². The number of nitrogens with one attached hydrogen (secondary N) is 1. The summed E-state index contributed by atoms with van der Waals surface area (Å²) in [5.41, 5.74) is 0.439. The van der Waals surface area contributed by atoms with Crippen molar-refractivity contribution in [2.45, 2.75) is 31.1 Å². The van der Waals surface area contributed by atoms with Crippen molar-refractivity contribution in [1.29, 1.82) is 0 Å². The minimum atomic E-state index is -0.530. The van der Waals surface area contributed by atoms with Gasteiger partial charge in [0.15, 0.2) is 0 Å². The van der Waals surface area contributed by atoms with Crippen molar-refractivity contribution in [1.82, 2.24) is 10.2 Å². The molecule has 0 spiro atoms. The first-order valence-corrected chi connectivity index (χ1v) is 9.32. The zero-order chi connectivity index (χ0) is 17.0. The third-order valence-electron chi connectivity index (χ3n) is 5.44. The highest BCUT2D eigenvalue weighted by molar-refractivity contribution is 6.31. The van der Waals surface area contributed by atoms with Crippen LogP contribution in [0.1, 0.15) is 31.2 Å². The van der Waals surface area contributed by atoms with Crippen molar-refractivity contribution in [3.63, 3.8) is 0 Å². The van der Waals surface area contributed by atoms with Crippen molar-refractivity contribution in [2.24, 2.45) is 5.92 Å². The van der Waals surface area contributed by atoms with Crippen LogP contribution >= 0.6 is 11.6 Å². The number of carbonyl (C=O) groups excluding carboxylic acids is 1. The molecule has 2 saturated heterocycles. The second kappa shape index (κ2) is 7.85. The summed E-state index contributed by atoms with van der Waals surface area (Å²) in [6, 6.07) is 7.81. The van der Waals surface area contributed by atoms with E-state index in [2.05, 4.69) is 10.2 Å². The average Bonchev–Trinajstić information content (AvgIpc) is 2.62. The topological polar surface area (TPSA) is 41.6 Å². The Morgan fingerprint density at radius 1 is 1.38 bits per heavy atom. The SMILES string of the molecule is CNC[C@@H]1CCCN(C(=O)C2(c3ccccc3Cl)CCOCC2)C1. The van der Waals surface area contributed by atoms with Gasteiger partial charge in [0.05, 0.1) is 5.41 Å². The van der Waals surface area contributed by atoms with Crippen LogP contribution in [0.2, 0.25) is 5.02 Å². The van der Waals surface area contributed by atoms with Crippen LogP contribution in [-0.2, 0) is 14.9 Å². The lowest BCUT2D eigenvalue weighted by Gasteiger charge is -2.43. The summed E-state index contributed by atoms with van der Waals surface area (Å²) in [6.45, 7) is 3.89.